The van der Waals surface area contributed by atoms with E-state index in [1.165, 1.54) is 18.5 Å². The average molecular weight is 639 g/mol. The number of non-ortho nitro benzene ring substituents is 1. The van der Waals surface area contributed by atoms with Gasteiger partial charge in [-0.3, -0.25) is 14.8 Å². The SMILES string of the molecule is CC(C)(C)OC(=O)NC1CCC(Oc2ccc3c(c2NS(=O)(=O)c2ccc([N+](=O)[O-])cc2)CC(C)(C)c2c(N)ncnc2-3)CC1. The second-order valence-electron chi connectivity index (χ2n) is 13.1. The van der Waals surface area contributed by atoms with Crippen molar-refractivity contribution in [3.8, 4) is 17.0 Å². The van der Waals surface area contributed by atoms with Crippen LogP contribution in [0.2, 0.25) is 0 Å². The van der Waals surface area contributed by atoms with Gasteiger partial charge in [0, 0.05) is 29.3 Å². The molecule has 3 aromatic rings. The zero-order chi connectivity index (χ0) is 32.7. The second-order valence-corrected chi connectivity index (χ2v) is 14.8. The molecule has 1 saturated carbocycles. The third-order valence-corrected chi connectivity index (χ3v) is 9.35. The minimum absolute atomic E-state index is 0.0641. The quantitative estimate of drug-likeness (QED) is 0.221. The van der Waals surface area contributed by atoms with E-state index in [9.17, 15) is 23.3 Å². The van der Waals surface area contributed by atoms with Crippen LogP contribution in [0.15, 0.2) is 47.6 Å². The Morgan fingerprint density at radius 3 is 2.36 bits per heavy atom. The first-order valence-electron chi connectivity index (χ1n) is 14.7. The van der Waals surface area contributed by atoms with Gasteiger partial charge in [-0.25, -0.2) is 23.2 Å². The third-order valence-electron chi connectivity index (χ3n) is 7.98. The molecule has 0 spiro atoms. The average Bonchev–Trinajstić information content (AvgIpc) is 2.94. The summed E-state index contributed by atoms with van der Waals surface area (Å²) < 4.78 is 42.0. The molecule has 45 heavy (non-hydrogen) atoms. The summed E-state index contributed by atoms with van der Waals surface area (Å²) >= 11 is 0. The van der Waals surface area contributed by atoms with Crippen LogP contribution >= 0.6 is 0 Å². The van der Waals surface area contributed by atoms with Crippen molar-refractivity contribution in [2.45, 2.75) is 94.8 Å². The van der Waals surface area contributed by atoms with Crippen LogP contribution in [0.3, 0.4) is 0 Å². The van der Waals surface area contributed by atoms with Crippen molar-refractivity contribution in [2.75, 3.05) is 10.5 Å². The summed E-state index contributed by atoms with van der Waals surface area (Å²) in [5.74, 6) is 0.713. The number of nitrogens with zero attached hydrogens (tertiary/aromatic N) is 3. The van der Waals surface area contributed by atoms with Crippen molar-refractivity contribution in [1.82, 2.24) is 15.3 Å². The fourth-order valence-electron chi connectivity index (χ4n) is 5.96. The van der Waals surface area contributed by atoms with Gasteiger partial charge in [-0.05, 0) is 88.1 Å². The van der Waals surface area contributed by atoms with Crippen molar-refractivity contribution < 1.29 is 27.6 Å². The van der Waals surface area contributed by atoms with E-state index in [1.54, 1.807) is 6.07 Å². The number of fused-ring (bicyclic) bond motifs is 3. The van der Waals surface area contributed by atoms with Gasteiger partial charge in [-0.2, -0.15) is 0 Å². The van der Waals surface area contributed by atoms with Crippen molar-refractivity contribution >= 4 is 33.3 Å². The highest BCUT2D eigenvalue weighted by atomic mass is 32.2. The largest absolute Gasteiger partial charge is 0.488 e. The van der Waals surface area contributed by atoms with E-state index in [1.807, 2.05) is 40.7 Å². The smallest absolute Gasteiger partial charge is 0.407 e. The zero-order valence-corrected chi connectivity index (χ0v) is 26.7. The van der Waals surface area contributed by atoms with Crippen LogP contribution in [0.4, 0.5) is 22.0 Å². The van der Waals surface area contributed by atoms with Gasteiger partial charge in [0.2, 0.25) is 0 Å². The lowest BCUT2D eigenvalue weighted by atomic mass is 9.71. The van der Waals surface area contributed by atoms with Gasteiger partial charge in [0.15, 0.2) is 0 Å². The summed E-state index contributed by atoms with van der Waals surface area (Å²) in [6, 6.07) is 8.20. The Morgan fingerprint density at radius 2 is 1.73 bits per heavy atom. The number of benzene rings is 2. The van der Waals surface area contributed by atoms with Crippen LogP contribution in [0.1, 0.15) is 71.4 Å². The molecular weight excluding hydrogens is 600 g/mol. The molecule has 1 heterocycles. The van der Waals surface area contributed by atoms with Gasteiger partial charge in [-0.1, -0.05) is 13.8 Å². The number of carbonyl (C=O) groups is 1. The van der Waals surface area contributed by atoms with E-state index in [-0.39, 0.29) is 28.4 Å². The van der Waals surface area contributed by atoms with Crippen LogP contribution < -0.4 is 20.5 Å². The number of nitro groups is 1. The maximum Gasteiger partial charge on any atom is 0.407 e. The Balaban J connectivity index is 1.47. The molecule has 240 valence electrons. The summed E-state index contributed by atoms with van der Waals surface area (Å²) in [4.78, 5) is 31.4. The van der Waals surface area contributed by atoms with Crippen molar-refractivity contribution in [2.24, 2.45) is 0 Å². The number of rotatable bonds is 7. The molecule has 2 aromatic carbocycles. The highest BCUT2D eigenvalue weighted by Gasteiger charge is 2.38. The number of sulfonamides is 1. The lowest BCUT2D eigenvalue weighted by Gasteiger charge is -2.36. The van der Waals surface area contributed by atoms with Crippen molar-refractivity contribution in [3.63, 3.8) is 0 Å². The molecule has 13 nitrogen and oxygen atoms in total. The highest BCUT2D eigenvalue weighted by molar-refractivity contribution is 7.92. The van der Waals surface area contributed by atoms with Crippen LogP contribution in [0, 0.1) is 10.1 Å². The molecule has 4 N–H and O–H groups in total. The van der Waals surface area contributed by atoms with Crippen molar-refractivity contribution in [1.29, 1.82) is 0 Å². The molecule has 0 aliphatic heterocycles. The number of nitro benzene ring substituents is 1. The molecule has 0 radical (unpaired) electrons. The Bertz CT molecular complexity index is 1730. The molecule has 0 unspecified atom stereocenters. The molecule has 0 atom stereocenters. The summed E-state index contributed by atoms with van der Waals surface area (Å²) in [6.07, 6.45) is 3.68. The fraction of sp³-hybridized carbons (Fsp3) is 0.452. The number of alkyl carbamates (subject to hydrolysis) is 1. The Kier molecular flexibility index (Phi) is 8.38. The standard InChI is InChI=1S/C31H38N6O7S/c1-30(2,3)44-29(38)35-18-6-10-20(11-7-18)43-24-15-14-22-23(16-31(4,5)25-27(22)33-17-34-28(25)32)26(24)36-45(41,42)21-12-8-19(9-13-21)37(39)40/h8-9,12-15,17-18,20,36H,6-7,10-11,16H2,1-5H3,(H,35,38)(H2,32,33,34). The van der Waals surface area contributed by atoms with E-state index in [0.717, 1.165) is 17.7 Å². The van der Waals surface area contributed by atoms with Gasteiger partial charge in [-0.15, -0.1) is 0 Å². The predicted molar refractivity (Wildman–Crippen MR) is 169 cm³/mol. The van der Waals surface area contributed by atoms with E-state index < -0.39 is 32.1 Å². The number of nitrogens with one attached hydrogen (secondary N) is 2. The second kappa shape index (κ2) is 11.8. The molecule has 1 fully saturated rings. The van der Waals surface area contributed by atoms with Crippen LogP contribution in [-0.4, -0.2) is 47.1 Å². The number of hydrogen-bond acceptors (Lipinski definition) is 10. The molecule has 2 aliphatic carbocycles. The third kappa shape index (κ3) is 6.95. The van der Waals surface area contributed by atoms with E-state index in [4.69, 9.17) is 15.2 Å². The Labute approximate surface area is 262 Å². The first-order valence-corrected chi connectivity index (χ1v) is 16.2. The number of amides is 1. The van der Waals surface area contributed by atoms with Crippen LogP contribution in [-0.2, 0) is 26.6 Å². The van der Waals surface area contributed by atoms with Gasteiger partial charge >= 0.3 is 6.09 Å². The molecule has 1 amide bonds. The van der Waals surface area contributed by atoms with E-state index in [0.29, 0.717) is 60.5 Å². The summed E-state index contributed by atoms with van der Waals surface area (Å²) in [5.41, 5.74) is 7.99. The highest BCUT2D eigenvalue weighted by Crippen LogP contribution is 2.49. The first kappa shape index (κ1) is 31.9. The lowest BCUT2D eigenvalue weighted by molar-refractivity contribution is -0.384. The topological polar surface area (TPSA) is 189 Å². The molecule has 0 saturated heterocycles. The molecule has 1 aromatic heterocycles. The van der Waals surface area contributed by atoms with Crippen molar-refractivity contribution in [3.05, 3.63) is 64.0 Å². The molecule has 0 bridgehead atoms. The van der Waals surface area contributed by atoms with Crippen LogP contribution in [0.25, 0.3) is 11.3 Å². The predicted octanol–water partition coefficient (Wildman–Crippen LogP) is 5.48. The lowest BCUT2D eigenvalue weighted by Crippen LogP contribution is -2.42. The molecule has 5 rings (SSSR count). The molecule has 14 heteroatoms. The zero-order valence-electron chi connectivity index (χ0n) is 25.9. The number of nitrogens with two attached hydrogens (primary N) is 1. The Morgan fingerprint density at radius 1 is 1.07 bits per heavy atom. The first-order chi connectivity index (χ1) is 21.0. The summed E-state index contributed by atoms with van der Waals surface area (Å²) in [5, 5.41) is 14.1. The number of aromatic nitrogens is 2. The minimum atomic E-state index is -4.18. The van der Waals surface area contributed by atoms with Gasteiger partial charge in [0.25, 0.3) is 15.7 Å². The van der Waals surface area contributed by atoms with E-state index in [2.05, 4.69) is 20.0 Å². The molecule has 2 aliphatic rings. The summed E-state index contributed by atoms with van der Waals surface area (Å²) in [6.45, 7) is 9.42. The Hall–Kier alpha value is -4.46. The number of carbonyl (C=O) groups excluding carboxylic acids is 1. The number of anilines is 2. The van der Waals surface area contributed by atoms with E-state index >= 15 is 0 Å². The normalized spacial score (nSPS) is 19.0. The summed E-state index contributed by atoms with van der Waals surface area (Å²) in [7, 11) is -4.18. The number of hydrogen-bond donors (Lipinski definition) is 3. The monoisotopic (exact) mass is 638 g/mol. The molecular formula is C31H38N6O7S. The number of nitrogen functional groups attached to an aromatic ring is 1. The van der Waals surface area contributed by atoms with Gasteiger partial charge in [0.05, 0.1) is 27.3 Å². The van der Waals surface area contributed by atoms with Gasteiger partial charge in [0.1, 0.15) is 23.5 Å². The maximum absolute atomic E-state index is 13.7. The fourth-order valence-corrected chi connectivity index (χ4v) is 7.07. The maximum atomic E-state index is 13.7. The van der Waals surface area contributed by atoms with Gasteiger partial charge < -0.3 is 20.5 Å². The van der Waals surface area contributed by atoms with Crippen LogP contribution in [0.5, 0.6) is 5.75 Å². The minimum Gasteiger partial charge on any atom is -0.488 e. The number of ether oxygens (including phenoxy) is 2.